The fourth-order valence-electron chi connectivity index (χ4n) is 1.31. The summed E-state index contributed by atoms with van der Waals surface area (Å²) < 4.78 is 38.7. The number of rotatable bonds is 9. The maximum absolute atomic E-state index is 13.3. The van der Waals surface area contributed by atoms with Crippen LogP contribution in [-0.2, 0) is 22.8 Å². The number of epoxide rings is 1. The van der Waals surface area contributed by atoms with Crippen LogP contribution in [0.3, 0.4) is 0 Å². The summed E-state index contributed by atoms with van der Waals surface area (Å²) in [6.45, 7) is 0.974. The van der Waals surface area contributed by atoms with E-state index in [0.29, 0.717) is 19.3 Å². The standard InChI is InChI=1S/C9H19FO5Si/c1-11-16(12-2,13-3)5-4-9(10)15-7-8-6-14-8/h8-9H,4-7H2,1-3H3. The summed E-state index contributed by atoms with van der Waals surface area (Å²) in [5.74, 6) is 0. The lowest BCUT2D eigenvalue weighted by atomic mass is 10.5. The van der Waals surface area contributed by atoms with Crippen molar-refractivity contribution < 1.29 is 27.1 Å². The van der Waals surface area contributed by atoms with Crippen LogP contribution in [0.15, 0.2) is 0 Å². The third-order valence-electron chi connectivity index (χ3n) is 2.48. The van der Waals surface area contributed by atoms with E-state index in [-0.39, 0.29) is 12.5 Å². The lowest BCUT2D eigenvalue weighted by molar-refractivity contribution is -0.0482. The summed E-state index contributed by atoms with van der Waals surface area (Å²) in [4.78, 5) is 0. The van der Waals surface area contributed by atoms with Gasteiger partial charge in [0.2, 0.25) is 0 Å². The van der Waals surface area contributed by atoms with E-state index in [0.717, 1.165) is 0 Å². The molecule has 0 radical (unpaired) electrons. The Labute approximate surface area is 96.1 Å². The molecule has 0 aromatic rings. The van der Waals surface area contributed by atoms with Crippen LogP contribution in [0.2, 0.25) is 6.04 Å². The quantitative estimate of drug-likeness (QED) is 0.453. The number of ether oxygens (including phenoxy) is 2. The first-order valence-corrected chi connectivity index (χ1v) is 7.11. The Morgan fingerprint density at radius 2 is 1.88 bits per heavy atom. The third kappa shape index (κ3) is 4.44. The second kappa shape index (κ2) is 6.63. The molecule has 0 bridgehead atoms. The Morgan fingerprint density at radius 1 is 1.31 bits per heavy atom. The first kappa shape index (κ1) is 14.0. The van der Waals surface area contributed by atoms with Crippen molar-refractivity contribution in [2.24, 2.45) is 0 Å². The van der Waals surface area contributed by atoms with E-state index < -0.39 is 15.2 Å². The first-order chi connectivity index (χ1) is 7.65. The van der Waals surface area contributed by atoms with E-state index in [1.165, 1.54) is 21.3 Å². The van der Waals surface area contributed by atoms with Crippen molar-refractivity contribution in [3.05, 3.63) is 0 Å². The van der Waals surface area contributed by atoms with Crippen molar-refractivity contribution >= 4 is 8.80 Å². The summed E-state index contributed by atoms with van der Waals surface area (Å²) in [6.07, 6.45) is -1.04. The molecule has 0 N–H and O–H groups in total. The fourth-order valence-corrected chi connectivity index (χ4v) is 3.00. The van der Waals surface area contributed by atoms with Crippen LogP contribution < -0.4 is 0 Å². The molecule has 7 heteroatoms. The van der Waals surface area contributed by atoms with Gasteiger partial charge in [-0.1, -0.05) is 0 Å². The molecule has 0 spiro atoms. The monoisotopic (exact) mass is 254 g/mol. The Bertz CT molecular complexity index is 190. The molecule has 1 fully saturated rings. The highest BCUT2D eigenvalue weighted by molar-refractivity contribution is 6.60. The molecular weight excluding hydrogens is 235 g/mol. The van der Waals surface area contributed by atoms with Crippen LogP contribution >= 0.6 is 0 Å². The average molecular weight is 254 g/mol. The smallest absolute Gasteiger partial charge is 0.377 e. The third-order valence-corrected chi connectivity index (χ3v) is 5.24. The number of halogens is 1. The highest BCUT2D eigenvalue weighted by Crippen LogP contribution is 2.19. The van der Waals surface area contributed by atoms with E-state index in [9.17, 15) is 4.39 Å². The number of hydrogen-bond donors (Lipinski definition) is 0. The number of hydrogen-bond acceptors (Lipinski definition) is 5. The Kier molecular flexibility index (Phi) is 5.80. The largest absolute Gasteiger partial charge is 0.500 e. The molecule has 1 aliphatic heterocycles. The summed E-state index contributed by atoms with van der Waals surface area (Å²) in [5, 5.41) is 0. The highest BCUT2D eigenvalue weighted by Gasteiger charge is 2.38. The Morgan fingerprint density at radius 3 is 2.31 bits per heavy atom. The minimum Gasteiger partial charge on any atom is -0.377 e. The van der Waals surface area contributed by atoms with Crippen molar-refractivity contribution in [1.82, 2.24) is 0 Å². The zero-order valence-corrected chi connectivity index (χ0v) is 10.9. The SMILES string of the molecule is CO[Si](CCC(F)OCC1CO1)(OC)OC. The molecular formula is C9H19FO5Si. The molecule has 0 aliphatic carbocycles. The van der Waals surface area contributed by atoms with Crippen LogP contribution in [0.4, 0.5) is 4.39 Å². The summed E-state index contributed by atoms with van der Waals surface area (Å²) in [5.41, 5.74) is 0. The second-order valence-corrected chi connectivity index (χ2v) is 6.62. The zero-order chi connectivity index (χ0) is 12.0. The van der Waals surface area contributed by atoms with Crippen LogP contribution in [0.1, 0.15) is 6.42 Å². The molecule has 96 valence electrons. The predicted molar refractivity (Wildman–Crippen MR) is 56.8 cm³/mol. The van der Waals surface area contributed by atoms with Gasteiger partial charge in [0.25, 0.3) is 0 Å². The van der Waals surface area contributed by atoms with Crippen molar-refractivity contribution in [2.45, 2.75) is 24.9 Å². The van der Waals surface area contributed by atoms with Gasteiger partial charge in [-0.05, 0) is 0 Å². The average Bonchev–Trinajstić information content (AvgIpc) is 3.13. The molecule has 1 heterocycles. The second-order valence-electron chi connectivity index (χ2n) is 3.53. The van der Waals surface area contributed by atoms with Crippen molar-refractivity contribution in [1.29, 1.82) is 0 Å². The Balaban J connectivity index is 2.18. The molecule has 2 atom stereocenters. The van der Waals surface area contributed by atoms with Gasteiger partial charge in [-0.2, -0.15) is 0 Å². The van der Waals surface area contributed by atoms with Gasteiger partial charge in [-0.3, -0.25) is 0 Å². The van der Waals surface area contributed by atoms with E-state index in [1.54, 1.807) is 0 Å². The van der Waals surface area contributed by atoms with Gasteiger partial charge in [0.15, 0.2) is 6.36 Å². The van der Waals surface area contributed by atoms with Crippen LogP contribution in [0.25, 0.3) is 0 Å². The molecule has 16 heavy (non-hydrogen) atoms. The molecule has 0 aromatic heterocycles. The van der Waals surface area contributed by atoms with Gasteiger partial charge in [0.1, 0.15) is 6.10 Å². The van der Waals surface area contributed by atoms with E-state index in [4.69, 9.17) is 22.8 Å². The van der Waals surface area contributed by atoms with Gasteiger partial charge >= 0.3 is 8.80 Å². The van der Waals surface area contributed by atoms with E-state index in [2.05, 4.69) is 0 Å². The van der Waals surface area contributed by atoms with Crippen molar-refractivity contribution in [3.63, 3.8) is 0 Å². The lowest BCUT2D eigenvalue weighted by Gasteiger charge is -2.24. The maximum Gasteiger partial charge on any atom is 0.500 e. The van der Waals surface area contributed by atoms with Gasteiger partial charge in [0, 0.05) is 33.8 Å². The fraction of sp³-hybridized carbons (Fsp3) is 1.00. The normalized spacial score (nSPS) is 22.1. The molecule has 1 aliphatic rings. The maximum atomic E-state index is 13.3. The van der Waals surface area contributed by atoms with Crippen molar-refractivity contribution in [3.8, 4) is 0 Å². The Hall–Kier alpha value is -0.0531. The van der Waals surface area contributed by atoms with E-state index in [1.807, 2.05) is 0 Å². The predicted octanol–water partition coefficient (Wildman–Crippen LogP) is 0.966. The van der Waals surface area contributed by atoms with Gasteiger partial charge < -0.3 is 22.8 Å². The van der Waals surface area contributed by atoms with Crippen LogP contribution in [0, 0.1) is 0 Å². The molecule has 1 rings (SSSR count). The minimum absolute atomic E-state index is 0.0764. The van der Waals surface area contributed by atoms with Crippen LogP contribution in [-0.4, -0.2) is 55.8 Å². The minimum atomic E-state index is -2.67. The van der Waals surface area contributed by atoms with Crippen molar-refractivity contribution in [2.75, 3.05) is 34.5 Å². The molecule has 5 nitrogen and oxygen atoms in total. The summed E-state index contributed by atoms with van der Waals surface area (Å²) >= 11 is 0. The first-order valence-electron chi connectivity index (χ1n) is 5.18. The van der Waals surface area contributed by atoms with Gasteiger partial charge in [-0.15, -0.1) is 0 Å². The van der Waals surface area contributed by atoms with Gasteiger partial charge in [0.05, 0.1) is 13.2 Å². The van der Waals surface area contributed by atoms with E-state index >= 15 is 0 Å². The molecule has 0 amide bonds. The summed E-state index contributed by atoms with van der Waals surface area (Å²) in [7, 11) is 1.84. The highest BCUT2D eigenvalue weighted by atomic mass is 28.4. The van der Waals surface area contributed by atoms with Crippen LogP contribution in [0.5, 0.6) is 0 Å². The summed E-state index contributed by atoms with van der Waals surface area (Å²) in [6, 6.07) is 0.392. The molecule has 0 saturated carbocycles. The van der Waals surface area contributed by atoms with Gasteiger partial charge in [-0.25, -0.2) is 4.39 Å². The number of alkyl halides is 1. The zero-order valence-electron chi connectivity index (χ0n) is 9.90. The molecule has 1 saturated heterocycles. The lowest BCUT2D eigenvalue weighted by Crippen LogP contribution is -2.43. The molecule has 0 aromatic carbocycles. The topological polar surface area (TPSA) is 49.5 Å². The molecule has 2 unspecified atom stereocenters.